The lowest BCUT2D eigenvalue weighted by Crippen LogP contribution is -2.43. The number of aromatic carboxylic acids is 1. The van der Waals surface area contributed by atoms with Crippen molar-refractivity contribution in [2.45, 2.75) is 19.1 Å². The molecule has 6 nitrogen and oxygen atoms in total. The van der Waals surface area contributed by atoms with E-state index in [-0.39, 0.29) is 16.7 Å². The highest BCUT2D eigenvalue weighted by Crippen LogP contribution is 2.26. The standard InChI is InChI=1S/C13H12N2O4S/c16-11(10-6-20-13(19)14-10)15-4-8-2-1-7(12(17)18)3-9(8)5-15/h1-3,10H,4-6H2,(H,14,19)(H,17,18). The van der Waals surface area contributed by atoms with Crippen LogP contribution in [0.4, 0.5) is 4.79 Å². The van der Waals surface area contributed by atoms with Gasteiger partial charge in [-0.2, -0.15) is 0 Å². The minimum absolute atomic E-state index is 0.114. The average molecular weight is 292 g/mol. The van der Waals surface area contributed by atoms with Crippen LogP contribution >= 0.6 is 11.8 Å². The second kappa shape index (κ2) is 4.82. The smallest absolute Gasteiger partial charge is 0.335 e. The van der Waals surface area contributed by atoms with Crippen LogP contribution in [0.5, 0.6) is 0 Å². The van der Waals surface area contributed by atoms with Crippen LogP contribution in [0.1, 0.15) is 21.5 Å². The van der Waals surface area contributed by atoms with Crippen molar-refractivity contribution in [1.82, 2.24) is 10.2 Å². The number of carbonyl (C=O) groups is 3. The number of carbonyl (C=O) groups excluding carboxylic acids is 2. The number of rotatable bonds is 2. The fourth-order valence-corrected chi connectivity index (χ4v) is 3.19. The Morgan fingerprint density at radius 1 is 1.30 bits per heavy atom. The molecule has 1 aromatic carbocycles. The normalized spacial score (nSPS) is 20.7. The van der Waals surface area contributed by atoms with E-state index in [1.165, 1.54) is 0 Å². The summed E-state index contributed by atoms with van der Waals surface area (Å²) in [6, 6.07) is 4.42. The summed E-state index contributed by atoms with van der Waals surface area (Å²) in [7, 11) is 0. The molecule has 0 spiro atoms. The van der Waals surface area contributed by atoms with Gasteiger partial charge in [0.05, 0.1) is 5.56 Å². The second-order valence-corrected chi connectivity index (χ2v) is 5.77. The molecule has 1 saturated heterocycles. The third-order valence-corrected chi connectivity index (χ3v) is 4.34. The average Bonchev–Trinajstić information content (AvgIpc) is 3.02. The molecule has 1 fully saturated rings. The Bertz CT molecular complexity index is 616. The number of carboxylic acid groups (broad SMARTS) is 1. The largest absolute Gasteiger partial charge is 0.478 e. The van der Waals surface area contributed by atoms with Gasteiger partial charge in [-0.15, -0.1) is 0 Å². The van der Waals surface area contributed by atoms with E-state index >= 15 is 0 Å². The van der Waals surface area contributed by atoms with Gasteiger partial charge in [-0.25, -0.2) is 4.79 Å². The zero-order chi connectivity index (χ0) is 14.3. The number of hydrogen-bond acceptors (Lipinski definition) is 4. The van der Waals surface area contributed by atoms with Crippen molar-refractivity contribution >= 4 is 28.9 Å². The SMILES string of the molecule is O=C1NC(C(=O)N2Cc3ccc(C(=O)O)cc3C2)CS1. The van der Waals surface area contributed by atoms with Crippen LogP contribution in [-0.4, -0.2) is 38.9 Å². The minimum Gasteiger partial charge on any atom is -0.478 e. The van der Waals surface area contributed by atoms with Gasteiger partial charge in [-0.3, -0.25) is 9.59 Å². The quantitative estimate of drug-likeness (QED) is 0.851. The summed E-state index contributed by atoms with van der Waals surface area (Å²) in [6.07, 6.45) is 0. The van der Waals surface area contributed by atoms with E-state index in [9.17, 15) is 14.4 Å². The van der Waals surface area contributed by atoms with Crippen LogP contribution in [0.2, 0.25) is 0 Å². The van der Waals surface area contributed by atoms with Crippen LogP contribution in [0.3, 0.4) is 0 Å². The predicted molar refractivity (Wildman–Crippen MR) is 72.4 cm³/mol. The van der Waals surface area contributed by atoms with Crippen molar-refractivity contribution in [3.8, 4) is 0 Å². The molecular weight excluding hydrogens is 280 g/mol. The molecule has 0 aliphatic carbocycles. The monoisotopic (exact) mass is 292 g/mol. The molecule has 0 saturated carbocycles. The van der Waals surface area contributed by atoms with Gasteiger partial charge in [0.15, 0.2) is 0 Å². The molecular formula is C13H12N2O4S. The van der Waals surface area contributed by atoms with Gasteiger partial charge in [0.2, 0.25) is 5.91 Å². The van der Waals surface area contributed by atoms with Crippen molar-refractivity contribution in [3.05, 3.63) is 34.9 Å². The summed E-state index contributed by atoms with van der Waals surface area (Å²) in [5.41, 5.74) is 2.04. The Labute approximate surface area is 119 Å². The number of thioether (sulfide) groups is 1. The summed E-state index contributed by atoms with van der Waals surface area (Å²) in [6.45, 7) is 0.859. The Balaban J connectivity index is 1.75. The van der Waals surface area contributed by atoms with Gasteiger partial charge in [-0.05, 0) is 23.3 Å². The molecule has 2 aliphatic heterocycles. The molecule has 2 aliphatic rings. The van der Waals surface area contributed by atoms with Gasteiger partial charge in [0.1, 0.15) is 6.04 Å². The second-order valence-electron chi connectivity index (χ2n) is 4.78. The van der Waals surface area contributed by atoms with E-state index in [1.54, 1.807) is 23.1 Å². The first-order chi connectivity index (χ1) is 9.54. The maximum absolute atomic E-state index is 12.3. The lowest BCUT2D eigenvalue weighted by atomic mass is 10.1. The molecule has 2 N–H and O–H groups in total. The summed E-state index contributed by atoms with van der Waals surface area (Å²) < 4.78 is 0. The number of amides is 2. The molecule has 2 heterocycles. The van der Waals surface area contributed by atoms with E-state index in [0.717, 1.165) is 22.9 Å². The number of carboxylic acids is 1. The van der Waals surface area contributed by atoms with Crippen LogP contribution in [0, 0.1) is 0 Å². The minimum atomic E-state index is -0.975. The van der Waals surface area contributed by atoms with Gasteiger partial charge < -0.3 is 15.3 Å². The van der Waals surface area contributed by atoms with Crippen molar-refractivity contribution in [2.24, 2.45) is 0 Å². The van der Waals surface area contributed by atoms with E-state index in [4.69, 9.17) is 5.11 Å². The van der Waals surface area contributed by atoms with E-state index < -0.39 is 12.0 Å². The summed E-state index contributed by atoms with van der Waals surface area (Å²) in [5.74, 6) is -0.640. The lowest BCUT2D eigenvalue weighted by molar-refractivity contribution is -0.133. The topological polar surface area (TPSA) is 86.7 Å². The Kier molecular flexibility index (Phi) is 3.13. The number of fused-ring (bicyclic) bond motifs is 1. The maximum atomic E-state index is 12.3. The van der Waals surface area contributed by atoms with Gasteiger partial charge >= 0.3 is 5.97 Å². The number of hydrogen-bond donors (Lipinski definition) is 2. The Morgan fingerprint density at radius 2 is 2.05 bits per heavy atom. The molecule has 1 atom stereocenters. The molecule has 20 heavy (non-hydrogen) atoms. The molecule has 104 valence electrons. The number of nitrogens with one attached hydrogen (secondary N) is 1. The number of benzene rings is 1. The third-order valence-electron chi connectivity index (χ3n) is 3.46. The fraction of sp³-hybridized carbons (Fsp3) is 0.308. The maximum Gasteiger partial charge on any atom is 0.335 e. The molecule has 0 aromatic heterocycles. The fourth-order valence-electron chi connectivity index (χ4n) is 2.42. The van der Waals surface area contributed by atoms with Crippen molar-refractivity contribution in [2.75, 3.05) is 5.75 Å². The van der Waals surface area contributed by atoms with Crippen LogP contribution in [0.25, 0.3) is 0 Å². The molecule has 1 aromatic rings. The zero-order valence-electron chi connectivity index (χ0n) is 10.5. The molecule has 2 amide bonds. The van der Waals surface area contributed by atoms with Gasteiger partial charge in [0, 0.05) is 18.8 Å². The molecule has 3 rings (SSSR count). The van der Waals surface area contributed by atoms with E-state index in [2.05, 4.69) is 5.32 Å². The highest BCUT2D eigenvalue weighted by Gasteiger charge is 2.34. The van der Waals surface area contributed by atoms with Crippen LogP contribution < -0.4 is 5.32 Å². The number of nitrogens with zero attached hydrogens (tertiary/aromatic N) is 1. The van der Waals surface area contributed by atoms with Gasteiger partial charge in [-0.1, -0.05) is 17.8 Å². The molecule has 0 bridgehead atoms. The highest BCUT2D eigenvalue weighted by molar-refractivity contribution is 8.14. The van der Waals surface area contributed by atoms with E-state index in [0.29, 0.717) is 18.8 Å². The predicted octanol–water partition coefficient (Wildman–Crippen LogP) is 1.05. The molecule has 0 radical (unpaired) electrons. The van der Waals surface area contributed by atoms with Crippen LogP contribution in [-0.2, 0) is 17.9 Å². The molecule has 1 unspecified atom stereocenters. The van der Waals surface area contributed by atoms with Gasteiger partial charge in [0.25, 0.3) is 5.24 Å². The first-order valence-electron chi connectivity index (χ1n) is 6.12. The summed E-state index contributed by atoms with van der Waals surface area (Å²) in [4.78, 5) is 36.0. The zero-order valence-corrected chi connectivity index (χ0v) is 11.3. The van der Waals surface area contributed by atoms with Crippen molar-refractivity contribution in [1.29, 1.82) is 0 Å². The lowest BCUT2D eigenvalue weighted by Gasteiger charge is -2.19. The Morgan fingerprint density at radius 3 is 2.70 bits per heavy atom. The third kappa shape index (κ3) is 2.24. The van der Waals surface area contributed by atoms with E-state index in [1.807, 2.05) is 0 Å². The summed E-state index contributed by atoms with van der Waals surface area (Å²) in [5, 5.41) is 11.4. The highest BCUT2D eigenvalue weighted by atomic mass is 32.2. The Hall–Kier alpha value is -2.02. The van der Waals surface area contributed by atoms with Crippen LogP contribution in [0.15, 0.2) is 18.2 Å². The first-order valence-corrected chi connectivity index (χ1v) is 7.10. The molecule has 7 heteroatoms. The summed E-state index contributed by atoms with van der Waals surface area (Å²) >= 11 is 1.11. The van der Waals surface area contributed by atoms with Crippen molar-refractivity contribution in [3.63, 3.8) is 0 Å². The van der Waals surface area contributed by atoms with Crippen molar-refractivity contribution < 1.29 is 19.5 Å². The first kappa shape index (κ1) is 13.0.